The molecule has 0 aliphatic heterocycles. The summed E-state index contributed by atoms with van der Waals surface area (Å²) in [4.78, 5) is 39.7. The summed E-state index contributed by atoms with van der Waals surface area (Å²) in [6, 6.07) is 9.40. The molecule has 0 radical (unpaired) electrons. The van der Waals surface area contributed by atoms with Gasteiger partial charge in [-0.2, -0.15) is 0 Å². The third kappa shape index (κ3) is 11.6. The van der Waals surface area contributed by atoms with Crippen molar-refractivity contribution in [3.8, 4) is 0 Å². The molecule has 4 N–H and O–H groups in total. The number of carboxylic acids is 2. The topological polar surface area (TPSA) is 211 Å². The first-order chi connectivity index (χ1) is 14.6. The van der Waals surface area contributed by atoms with Gasteiger partial charge in [-0.25, -0.2) is 9.59 Å². The Morgan fingerprint density at radius 2 is 1.00 bits per heavy atom. The zero-order valence-corrected chi connectivity index (χ0v) is 16.0. The number of carboxylic acid groups (broad SMARTS) is 2. The van der Waals surface area contributed by atoms with Crippen molar-refractivity contribution in [2.75, 3.05) is 26.4 Å². The second kappa shape index (κ2) is 15.0. The Labute approximate surface area is 175 Å². The summed E-state index contributed by atoms with van der Waals surface area (Å²) in [6.07, 6.45) is 0. The van der Waals surface area contributed by atoms with Crippen LogP contribution in [0.3, 0.4) is 0 Å². The first-order valence-electron chi connectivity index (χ1n) is 8.39. The molecule has 0 amide bonds. The fourth-order valence-electron chi connectivity index (χ4n) is 1.68. The van der Waals surface area contributed by atoms with Crippen LogP contribution >= 0.6 is 0 Å². The fraction of sp³-hybridized carbons (Fsp3) is 0.222. The molecule has 0 unspecified atom stereocenters. The third-order valence-corrected chi connectivity index (χ3v) is 3.12. The van der Waals surface area contributed by atoms with Crippen molar-refractivity contribution in [2.24, 2.45) is 0 Å². The number of ether oxygens (including phenoxy) is 1. The van der Waals surface area contributed by atoms with Gasteiger partial charge in [-0.1, -0.05) is 0 Å². The van der Waals surface area contributed by atoms with Crippen molar-refractivity contribution in [1.82, 2.24) is 0 Å². The Morgan fingerprint density at radius 1 is 0.710 bits per heavy atom. The van der Waals surface area contributed by atoms with Gasteiger partial charge in [-0.15, -0.1) is 0 Å². The van der Waals surface area contributed by atoms with Crippen LogP contribution in [-0.4, -0.2) is 68.6 Å². The average Bonchev–Trinajstić information content (AvgIpc) is 2.75. The quantitative estimate of drug-likeness (QED) is 0.263. The highest BCUT2D eigenvalue weighted by Gasteiger charge is 2.07. The minimum Gasteiger partial charge on any atom is -0.478 e. The predicted molar refractivity (Wildman–Crippen MR) is 105 cm³/mol. The maximum absolute atomic E-state index is 10.3. The summed E-state index contributed by atoms with van der Waals surface area (Å²) in [7, 11) is 0. The number of nitrogens with zero attached hydrogens (tertiary/aromatic N) is 2. The van der Waals surface area contributed by atoms with E-state index < -0.39 is 21.8 Å². The van der Waals surface area contributed by atoms with Gasteiger partial charge in [-0.3, -0.25) is 20.2 Å². The van der Waals surface area contributed by atoms with Gasteiger partial charge in [0, 0.05) is 24.3 Å². The molecule has 2 aromatic rings. The van der Waals surface area contributed by atoms with Crippen LogP contribution in [0.2, 0.25) is 0 Å². The van der Waals surface area contributed by atoms with Crippen LogP contribution < -0.4 is 0 Å². The van der Waals surface area contributed by atoms with E-state index in [1.807, 2.05) is 0 Å². The number of rotatable bonds is 8. The Kier molecular flexibility index (Phi) is 13.1. The maximum atomic E-state index is 10.3. The molecule has 13 nitrogen and oxygen atoms in total. The Morgan fingerprint density at radius 3 is 1.19 bits per heavy atom. The zero-order valence-electron chi connectivity index (χ0n) is 16.0. The van der Waals surface area contributed by atoms with Crippen molar-refractivity contribution in [2.45, 2.75) is 0 Å². The van der Waals surface area contributed by atoms with Gasteiger partial charge >= 0.3 is 11.9 Å². The molecule has 31 heavy (non-hydrogen) atoms. The summed E-state index contributed by atoms with van der Waals surface area (Å²) < 4.78 is 4.63. The first kappa shape index (κ1) is 27.1. The van der Waals surface area contributed by atoms with Gasteiger partial charge in [0.2, 0.25) is 0 Å². The zero-order chi connectivity index (χ0) is 23.8. The number of non-ortho nitro benzene ring substituents is 2. The van der Waals surface area contributed by atoms with Crippen LogP contribution in [0.15, 0.2) is 48.5 Å². The van der Waals surface area contributed by atoms with E-state index >= 15 is 0 Å². The number of hydrogen-bond acceptors (Lipinski definition) is 9. The highest BCUT2D eigenvalue weighted by molar-refractivity contribution is 5.88. The molecule has 168 valence electrons. The smallest absolute Gasteiger partial charge is 0.335 e. The summed E-state index contributed by atoms with van der Waals surface area (Å²) >= 11 is 0. The van der Waals surface area contributed by atoms with Crippen molar-refractivity contribution in [3.63, 3.8) is 0 Å². The number of carbonyl (C=O) groups is 2. The normalized spacial score (nSPS) is 9.35. The van der Waals surface area contributed by atoms with Crippen LogP contribution in [0.5, 0.6) is 0 Å². The summed E-state index contributed by atoms with van der Waals surface area (Å²) in [5.74, 6) is -2.19. The Balaban J connectivity index is 0.000000454. The largest absolute Gasteiger partial charge is 0.478 e. The van der Waals surface area contributed by atoms with E-state index in [1.54, 1.807) is 0 Å². The van der Waals surface area contributed by atoms with Crippen LogP contribution in [-0.2, 0) is 4.74 Å². The third-order valence-electron chi connectivity index (χ3n) is 3.12. The number of aromatic carboxylic acids is 2. The molecule has 0 bridgehead atoms. The lowest BCUT2D eigenvalue weighted by Gasteiger charge is -1.94. The van der Waals surface area contributed by atoms with Gasteiger partial charge in [0.1, 0.15) is 0 Å². The van der Waals surface area contributed by atoms with E-state index in [0.29, 0.717) is 13.2 Å². The highest BCUT2D eigenvalue weighted by atomic mass is 16.6. The molecule has 0 saturated carbocycles. The molecular formula is C18H20N2O11. The Bertz CT molecular complexity index is 714. The van der Waals surface area contributed by atoms with Crippen molar-refractivity contribution in [3.05, 3.63) is 79.9 Å². The van der Waals surface area contributed by atoms with Gasteiger partial charge in [0.25, 0.3) is 11.4 Å². The molecule has 0 spiro atoms. The number of aliphatic hydroxyl groups is 2. The molecule has 0 aliphatic carbocycles. The number of aliphatic hydroxyl groups excluding tert-OH is 2. The van der Waals surface area contributed by atoms with E-state index in [-0.39, 0.29) is 35.7 Å². The lowest BCUT2D eigenvalue weighted by Crippen LogP contribution is -2.03. The molecule has 0 aliphatic rings. The highest BCUT2D eigenvalue weighted by Crippen LogP contribution is 2.12. The molecule has 0 aromatic heterocycles. The van der Waals surface area contributed by atoms with Crippen LogP contribution in [0, 0.1) is 20.2 Å². The number of nitro benzene ring substituents is 2. The SMILES string of the molecule is O=C(O)c1ccc([N+](=O)[O-])cc1.O=C(O)c1ccc([N+](=O)[O-])cc1.OCCOCCO. The molecule has 13 heteroatoms. The standard InChI is InChI=1S/2C7H5NO4.C4H10O3/c2*9-7(10)5-1-3-6(4-2-5)8(11)12;5-1-3-7-4-2-6/h2*1-4H,(H,9,10);5-6H,1-4H2. The summed E-state index contributed by atoms with van der Waals surface area (Å²) in [6.45, 7) is 0.696. The first-order valence-corrected chi connectivity index (χ1v) is 8.39. The number of hydrogen-bond donors (Lipinski definition) is 4. The molecule has 0 atom stereocenters. The van der Waals surface area contributed by atoms with E-state index in [4.69, 9.17) is 20.4 Å². The molecular weight excluding hydrogens is 420 g/mol. The van der Waals surface area contributed by atoms with Gasteiger partial charge in [0.05, 0.1) is 47.4 Å². The Hall–Kier alpha value is -3.94. The van der Waals surface area contributed by atoms with Crippen molar-refractivity contribution < 1.29 is 44.6 Å². The van der Waals surface area contributed by atoms with Crippen LogP contribution in [0.25, 0.3) is 0 Å². The van der Waals surface area contributed by atoms with Gasteiger partial charge in [0.15, 0.2) is 0 Å². The fourth-order valence-corrected chi connectivity index (χ4v) is 1.68. The van der Waals surface area contributed by atoms with E-state index in [1.165, 1.54) is 24.3 Å². The molecule has 2 aromatic carbocycles. The molecule has 0 heterocycles. The van der Waals surface area contributed by atoms with Crippen molar-refractivity contribution >= 4 is 23.3 Å². The van der Waals surface area contributed by atoms with Gasteiger partial charge < -0.3 is 25.2 Å². The maximum Gasteiger partial charge on any atom is 0.335 e. The minimum absolute atomic E-state index is 0.0278. The van der Waals surface area contributed by atoms with Crippen molar-refractivity contribution in [1.29, 1.82) is 0 Å². The second-order valence-electron chi connectivity index (χ2n) is 5.28. The average molecular weight is 440 g/mol. The molecule has 0 fully saturated rings. The van der Waals surface area contributed by atoms with E-state index in [2.05, 4.69) is 4.74 Å². The van der Waals surface area contributed by atoms with E-state index in [0.717, 1.165) is 24.3 Å². The number of nitro groups is 2. The second-order valence-corrected chi connectivity index (χ2v) is 5.28. The van der Waals surface area contributed by atoms with Crippen LogP contribution in [0.4, 0.5) is 11.4 Å². The summed E-state index contributed by atoms with van der Waals surface area (Å²) in [5.41, 5.74) is -0.138. The number of benzene rings is 2. The predicted octanol–water partition coefficient (Wildman–Crippen LogP) is 1.57. The minimum atomic E-state index is -1.09. The molecule has 2 rings (SSSR count). The van der Waals surface area contributed by atoms with E-state index in [9.17, 15) is 29.8 Å². The van der Waals surface area contributed by atoms with Gasteiger partial charge in [-0.05, 0) is 24.3 Å². The molecule has 0 saturated heterocycles. The summed E-state index contributed by atoms with van der Waals surface area (Å²) in [5, 5.41) is 53.3. The lowest BCUT2D eigenvalue weighted by atomic mass is 10.2. The van der Waals surface area contributed by atoms with Crippen LogP contribution in [0.1, 0.15) is 20.7 Å². The lowest BCUT2D eigenvalue weighted by molar-refractivity contribution is -0.385. The monoisotopic (exact) mass is 440 g/mol.